The van der Waals surface area contributed by atoms with Gasteiger partial charge in [0.15, 0.2) is 6.10 Å². The zero-order valence-electron chi connectivity index (χ0n) is 43.2. The van der Waals surface area contributed by atoms with E-state index >= 15 is 0 Å². The quantitative estimate of drug-likeness (QED) is 0.0109. The molecule has 2 unspecified atom stereocenters. The van der Waals surface area contributed by atoms with Crippen molar-refractivity contribution < 1.29 is 75.9 Å². The maximum atomic E-state index is 12.6. The molecule has 0 aliphatic rings. The summed E-state index contributed by atoms with van der Waals surface area (Å²) in [5.41, 5.74) is 4.86. The molecular weight excluding hydrogens is 947 g/mol. The van der Waals surface area contributed by atoms with Gasteiger partial charge in [0.05, 0.1) is 27.7 Å². The van der Waals surface area contributed by atoms with Gasteiger partial charge in [-0.15, -0.1) is 0 Å². The number of quaternary nitrogens is 1. The standard InChI is InChI=1S/C42H84NO8P.C3H11NO7P2.2Na/c1-6-8-10-12-14-16-18-20-21-23-25-27-29-31-33-35-42(45)51-40(39-50-52(46,47)49-37-36-43(3,4)5)38-48-41(44)34-32-30-28-26-24-22-19-17-15-13-11-9-7-2;4-2-1-3(5,12(6,7)8)13(9,10)11;;/h40H,6-39H2,1-5H3;5H,1-2,4H2,(H2,6,7,8)(H2,9,10,11);;. The molecule has 0 rings (SSSR count). The van der Waals surface area contributed by atoms with Crippen LogP contribution >= 0.6 is 23.0 Å². The number of esters is 2. The number of ether oxygens (including phenoxy) is 2. The minimum atomic E-state index is -5.31. The van der Waals surface area contributed by atoms with Gasteiger partial charge in [-0.1, -0.05) is 181 Å². The Kier molecular flexibility index (Phi) is 51.1. The molecule has 0 aliphatic heterocycles. The van der Waals surface area contributed by atoms with E-state index in [0.717, 1.165) is 32.1 Å². The largest absolute Gasteiger partial charge is 0.756 e. The summed E-state index contributed by atoms with van der Waals surface area (Å²) < 4.78 is 55.0. The van der Waals surface area contributed by atoms with Crippen LogP contribution in [-0.4, -0.2) is 165 Å². The van der Waals surface area contributed by atoms with E-state index in [1.54, 1.807) is 0 Å². The van der Waals surface area contributed by atoms with E-state index in [1.165, 1.54) is 141 Å². The molecular formula is C45H95N2Na2O15P3. The van der Waals surface area contributed by atoms with Crippen molar-refractivity contribution in [3.05, 3.63) is 0 Å². The Morgan fingerprint density at radius 2 is 0.896 bits per heavy atom. The number of unbranched alkanes of at least 4 members (excludes halogenated alkanes) is 26. The first-order valence-corrected chi connectivity index (χ1v) is 29.5. The Bertz CT molecular complexity index is 1300. The van der Waals surface area contributed by atoms with E-state index in [-0.39, 0.29) is 91.1 Å². The van der Waals surface area contributed by atoms with Crippen molar-refractivity contribution in [3.63, 3.8) is 0 Å². The normalized spacial score (nSPS) is 13.4. The van der Waals surface area contributed by atoms with Gasteiger partial charge in [0, 0.05) is 78.4 Å². The number of rotatable bonds is 44. The van der Waals surface area contributed by atoms with Crippen molar-refractivity contribution in [3.8, 4) is 0 Å². The smallest absolute Gasteiger partial charge is 0.369 e. The minimum Gasteiger partial charge on any atom is -0.756 e. The van der Waals surface area contributed by atoms with Gasteiger partial charge in [-0.2, -0.15) is 0 Å². The van der Waals surface area contributed by atoms with E-state index in [1.807, 2.05) is 21.1 Å². The summed E-state index contributed by atoms with van der Waals surface area (Å²) in [5.74, 6) is -0.821. The molecule has 0 fully saturated rings. The SMILES string of the molecule is CCCCCCCCCCCCCCCCCC(=O)OC(COC(=O)CCCCCCCCCCCCCCC)COP(=O)([O-])OCC[N+](C)(C)C.NCCC(O)(P(=O)(O)O)P(=O)(O)O.[Na].[Na]. The monoisotopic (exact) mass is 1040 g/mol. The van der Waals surface area contributed by atoms with Crippen molar-refractivity contribution in [2.45, 2.75) is 224 Å². The Morgan fingerprint density at radius 3 is 1.19 bits per heavy atom. The van der Waals surface area contributed by atoms with Crippen molar-refractivity contribution in [2.75, 3.05) is 54.1 Å². The number of aliphatic hydroxyl groups is 1. The number of likely N-dealkylation sites (N-methyl/N-ethyl adjacent to an activating group) is 1. The molecule has 2 radical (unpaired) electrons. The second kappa shape index (κ2) is 45.8. The molecule has 17 nitrogen and oxygen atoms in total. The van der Waals surface area contributed by atoms with E-state index in [2.05, 4.69) is 13.8 Å². The zero-order valence-corrected chi connectivity index (χ0v) is 49.9. The van der Waals surface area contributed by atoms with Crippen LogP contribution < -0.4 is 10.6 Å². The predicted octanol–water partition coefficient (Wildman–Crippen LogP) is 8.97. The third-order valence-corrected chi connectivity index (χ3v) is 15.9. The van der Waals surface area contributed by atoms with Crippen LogP contribution in [-0.2, 0) is 41.8 Å². The molecule has 0 aromatic rings. The van der Waals surface area contributed by atoms with Crippen LogP contribution in [0.2, 0.25) is 0 Å². The van der Waals surface area contributed by atoms with Gasteiger partial charge in [0.25, 0.3) is 12.9 Å². The Balaban J connectivity index is -0.00000114. The van der Waals surface area contributed by atoms with E-state index in [0.29, 0.717) is 17.4 Å². The third kappa shape index (κ3) is 46.7. The number of phosphoric acid groups is 1. The first kappa shape index (κ1) is 74.8. The van der Waals surface area contributed by atoms with Gasteiger partial charge in [0.2, 0.25) is 0 Å². The van der Waals surface area contributed by atoms with Crippen LogP contribution in [0.3, 0.4) is 0 Å². The average molecular weight is 1040 g/mol. The molecule has 0 aromatic carbocycles. The van der Waals surface area contributed by atoms with Crippen LogP contribution in [0.15, 0.2) is 0 Å². The minimum absolute atomic E-state index is 0. The van der Waals surface area contributed by atoms with Gasteiger partial charge in [-0.05, 0) is 19.4 Å². The third-order valence-electron chi connectivity index (χ3n) is 11.0. The average Bonchev–Trinajstić information content (AvgIpc) is 3.21. The Labute approximate surface area is 450 Å². The number of carbonyl (C=O) groups excluding carboxylic acids is 2. The summed E-state index contributed by atoms with van der Waals surface area (Å²) in [6.07, 6.45) is 33.2. The number of hydrogen-bond donors (Lipinski definition) is 6. The number of carbonyl (C=O) groups is 2. The molecule has 0 spiro atoms. The van der Waals surface area contributed by atoms with Crippen LogP contribution in [0.1, 0.15) is 213 Å². The molecule has 0 aliphatic carbocycles. The predicted molar refractivity (Wildman–Crippen MR) is 267 cm³/mol. The molecule has 0 saturated heterocycles. The molecule has 0 saturated carbocycles. The number of nitrogens with two attached hydrogens (primary N) is 1. The second-order valence-corrected chi connectivity index (χ2v) is 23.9. The maximum Gasteiger partial charge on any atom is 0.369 e. The fourth-order valence-corrected chi connectivity index (χ4v) is 9.77. The molecule has 67 heavy (non-hydrogen) atoms. The first-order valence-electron chi connectivity index (χ1n) is 24.8. The number of nitrogens with zero attached hydrogens (tertiary/aromatic N) is 1. The zero-order chi connectivity index (χ0) is 49.5. The summed E-state index contributed by atoms with van der Waals surface area (Å²) in [4.78, 5) is 71.5. The number of phosphoric ester groups is 1. The van der Waals surface area contributed by atoms with Crippen molar-refractivity contribution in [1.82, 2.24) is 0 Å². The Hall–Kier alpha value is 1.23. The van der Waals surface area contributed by atoms with Crippen molar-refractivity contribution in [2.24, 2.45) is 5.73 Å². The van der Waals surface area contributed by atoms with E-state index < -0.39 is 59.7 Å². The van der Waals surface area contributed by atoms with Gasteiger partial charge in [-0.3, -0.25) is 23.3 Å². The molecule has 0 heterocycles. The molecule has 0 aromatic heterocycles. The molecule has 0 bridgehead atoms. The fourth-order valence-electron chi connectivity index (χ4n) is 6.84. The van der Waals surface area contributed by atoms with Crippen LogP contribution in [0.4, 0.5) is 0 Å². The summed E-state index contributed by atoms with van der Waals surface area (Å²) in [6.45, 7) is 3.80. The molecule has 22 heteroatoms. The topological polar surface area (TPSA) is 272 Å². The van der Waals surface area contributed by atoms with Crippen LogP contribution in [0.5, 0.6) is 0 Å². The Morgan fingerprint density at radius 1 is 0.567 bits per heavy atom. The van der Waals surface area contributed by atoms with Gasteiger partial charge < -0.3 is 58.3 Å². The summed E-state index contributed by atoms with van der Waals surface area (Å²) in [6, 6.07) is 0. The molecule has 7 N–H and O–H groups in total. The van der Waals surface area contributed by atoms with E-state index in [4.69, 9.17) is 48.9 Å². The van der Waals surface area contributed by atoms with Gasteiger partial charge in [-0.25, -0.2) is 0 Å². The molecule has 0 amide bonds. The van der Waals surface area contributed by atoms with E-state index in [9.17, 15) is 28.2 Å². The fraction of sp³-hybridized carbons (Fsp3) is 0.956. The molecule has 2 atom stereocenters. The van der Waals surface area contributed by atoms with Gasteiger partial charge >= 0.3 is 27.1 Å². The first-order chi connectivity index (χ1) is 30.5. The van der Waals surface area contributed by atoms with Crippen LogP contribution in [0.25, 0.3) is 0 Å². The van der Waals surface area contributed by atoms with Crippen LogP contribution in [0, 0.1) is 0 Å². The maximum absolute atomic E-state index is 12.6. The summed E-state index contributed by atoms with van der Waals surface area (Å²) in [7, 11) is -9.45. The van der Waals surface area contributed by atoms with Crippen molar-refractivity contribution in [1.29, 1.82) is 0 Å². The summed E-state index contributed by atoms with van der Waals surface area (Å²) in [5, 5.41) is 5.71. The number of hydrogen-bond acceptors (Lipinski definition) is 12. The second-order valence-electron chi connectivity index (χ2n) is 18.5. The van der Waals surface area contributed by atoms with Crippen molar-refractivity contribution >= 4 is 94.1 Å². The summed E-state index contributed by atoms with van der Waals surface area (Å²) >= 11 is 0. The van der Waals surface area contributed by atoms with Gasteiger partial charge in [0.1, 0.15) is 19.8 Å². The molecule has 392 valence electrons.